The number of nitrogens with zero attached hydrogens (tertiary/aromatic N) is 3. The molecule has 1 saturated heterocycles. The Labute approximate surface area is 156 Å². The van der Waals surface area contributed by atoms with Gasteiger partial charge in [-0.1, -0.05) is 12.1 Å². The molecule has 0 spiro atoms. The van der Waals surface area contributed by atoms with Gasteiger partial charge in [-0.2, -0.15) is 0 Å². The fraction of sp³-hybridized carbons (Fsp3) is 0.350. The standard InChI is InChI=1S/C20H21N3O2S/c1-13(24)18-7-8-19(26-18)20(25)22-11-9-15(10-12-22)23-14(2)21-16-5-3-4-6-17(16)23/h3-8,15H,9-12H2,1-2H3. The molecule has 1 aliphatic heterocycles. The number of hydrogen-bond donors (Lipinski definition) is 0. The van der Waals surface area contributed by atoms with Crippen LogP contribution in [-0.4, -0.2) is 39.2 Å². The Morgan fingerprint density at radius 2 is 1.77 bits per heavy atom. The fourth-order valence-electron chi connectivity index (χ4n) is 3.75. The average Bonchev–Trinajstić information content (AvgIpc) is 3.25. The summed E-state index contributed by atoms with van der Waals surface area (Å²) in [5.41, 5.74) is 2.19. The van der Waals surface area contributed by atoms with Gasteiger partial charge in [0.15, 0.2) is 5.78 Å². The van der Waals surface area contributed by atoms with Crippen LogP contribution < -0.4 is 0 Å². The molecule has 0 N–H and O–H groups in total. The normalized spacial score (nSPS) is 15.5. The molecule has 0 atom stereocenters. The van der Waals surface area contributed by atoms with Crippen molar-refractivity contribution in [3.63, 3.8) is 0 Å². The summed E-state index contributed by atoms with van der Waals surface area (Å²) in [6, 6.07) is 12.1. The molecule has 26 heavy (non-hydrogen) atoms. The van der Waals surface area contributed by atoms with Crippen molar-refractivity contribution >= 4 is 34.1 Å². The third-order valence-corrected chi connectivity index (χ3v) is 6.23. The van der Waals surface area contributed by atoms with Gasteiger partial charge in [0.05, 0.1) is 20.8 Å². The van der Waals surface area contributed by atoms with E-state index in [2.05, 4.69) is 15.6 Å². The molecule has 134 valence electrons. The van der Waals surface area contributed by atoms with Gasteiger partial charge >= 0.3 is 0 Å². The molecular weight excluding hydrogens is 346 g/mol. The highest BCUT2D eigenvalue weighted by atomic mass is 32.1. The van der Waals surface area contributed by atoms with Gasteiger partial charge in [-0.05, 0) is 51.0 Å². The van der Waals surface area contributed by atoms with Gasteiger partial charge in [-0.25, -0.2) is 4.98 Å². The number of imidazole rings is 1. The lowest BCUT2D eigenvalue weighted by Gasteiger charge is -2.33. The maximum atomic E-state index is 12.7. The summed E-state index contributed by atoms with van der Waals surface area (Å²) in [5, 5.41) is 0. The molecule has 0 unspecified atom stereocenters. The van der Waals surface area contributed by atoms with E-state index in [0.717, 1.165) is 37.3 Å². The van der Waals surface area contributed by atoms with E-state index in [9.17, 15) is 9.59 Å². The van der Waals surface area contributed by atoms with Crippen molar-refractivity contribution in [2.75, 3.05) is 13.1 Å². The average molecular weight is 367 g/mol. The molecule has 2 aromatic heterocycles. The Balaban J connectivity index is 1.49. The number of carbonyl (C=O) groups is 2. The van der Waals surface area contributed by atoms with Crippen molar-refractivity contribution in [2.45, 2.75) is 32.7 Å². The van der Waals surface area contributed by atoms with Gasteiger partial charge < -0.3 is 9.47 Å². The maximum Gasteiger partial charge on any atom is 0.263 e. The van der Waals surface area contributed by atoms with Gasteiger partial charge in [-0.15, -0.1) is 11.3 Å². The first-order valence-corrected chi connectivity index (χ1v) is 9.70. The Morgan fingerprint density at radius 1 is 1.08 bits per heavy atom. The highest BCUT2D eigenvalue weighted by Crippen LogP contribution is 2.30. The van der Waals surface area contributed by atoms with Crippen molar-refractivity contribution in [2.24, 2.45) is 0 Å². The molecule has 3 aromatic rings. The minimum Gasteiger partial charge on any atom is -0.338 e. The molecule has 1 fully saturated rings. The lowest BCUT2D eigenvalue weighted by atomic mass is 10.0. The van der Waals surface area contributed by atoms with Crippen LogP contribution in [-0.2, 0) is 0 Å². The van der Waals surface area contributed by atoms with E-state index < -0.39 is 0 Å². The molecule has 1 aliphatic rings. The number of aromatic nitrogens is 2. The van der Waals surface area contributed by atoms with Crippen LogP contribution in [0.25, 0.3) is 11.0 Å². The topological polar surface area (TPSA) is 55.2 Å². The third kappa shape index (κ3) is 2.94. The lowest BCUT2D eigenvalue weighted by molar-refractivity contribution is 0.0700. The Morgan fingerprint density at radius 3 is 2.46 bits per heavy atom. The van der Waals surface area contributed by atoms with Crippen LogP contribution >= 0.6 is 11.3 Å². The van der Waals surface area contributed by atoms with Gasteiger partial charge in [0.2, 0.25) is 0 Å². The van der Waals surface area contributed by atoms with Gasteiger partial charge in [-0.3, -0.25) is 9.59 Å². The Hall–Kier alpha value is -2.47. The van der Waals surface area contributed by atoms with Crippen molar-refractivity contribution in [1.82, 2.24) is 14.5 Å². The highest BCUT2D eigenvalue weighted by Gasteiger charge is 2.27. The second-order valence-corrected chi connectivity index (χ2v) is 7.84. The lowest BCUT2D eigenvalue weighted by Crippen LogP contribution is -2.38. The van der Waals surface area contributed by atoms with Crippen LogP contribution in [0.1, 0.15) is 51.0 Å². The number of aryl methyl sites for hydroxylation is 1. The number of carbonyl (C=O) groups excluding carboxylic acids is 2. The Kier molecular flexibility index (Phi) is 4.36. The number of amides is 1. The van der Waals surface area contributed by atoms with Crippen LogP contribution in [0.15, 0.2) is 36.4 Å². The number of ketones is 1. The minimum atomic E-state index is 0.00946. The van der Waals surface area contributed by atoms with E-state index in [1.165, 1.54) is 23.8 Å². The van der Waals surface area contributed by atoms with Crippen molar-refractivity contribution in [1.29, 1.82) is 0 Å². The van der Waals surface area contributed by atoms with Crippen molar-refractivity contribution in [3.05, 3.63) is 52.0 Å². The molecule has 1 amide bonds. The number of likely N-dealkylation sites (tertiary alicyclic amines) is 1. The van der Waals surface area contributed by atoms with E-state index in [-0.39, 0.29) is 11.7 Å². The molecule has 4 rings (SSSR count). The number of benzene rings is 1. The molecule has 0 bridgehead atoms. The second-order valence-electron chi connectivity index (χ2n) is 6.76. The summed E-state index contributed by atoms with van der Waals surface area (Å²) in [6.07, 6.45) is 1.83. The van der Waals surface area contributed by atoms with Crippen molar-refractivity contribution in [3.8, 4) is 0 Å². The number of rotatable bonds is 3. The molecule has 0 radical (unpaired) electrons. The molecule has 0 aliphatic carbocycles. The van der Waals surface area contributed by atoms with Gasteiger partial charge in [0.1, 0.15) is 5.82 Å². The number of thiophene rings is 1. The monoisotopic (exact) mass is 367 g/mol. The molecular formula is C20H21N3O2S. The first-order chi connectivity index (χ1) is 12.5. The van der Waals surface area contributed by atoms with E-state index in [0.29, 0.717) is 15.8 Å². The number of piperidine rings is 1. The predicted molar refractivity (Wildman–Crippen MR) is 103 cm³/mol. The van der Waals surface area contributed by atoms with E-state index in [1.54, 1.807) is 12.1 Å². The van der Waals surface area contributed by atoms with Gasteiger partial charge in [0, 0.05) is 19.1 Å². The second kappa shape index (κ2) is 6.68. The summed E-state index contributed by atoms with van der Waals surface area (Å²) >= 11 is 1.29. The minimum absolute atomic E-state index is 0.00946. The molecule has 5 nitrogen and oxygen atoms in total. The zero-order chi connectivity index (χ0) is 18.3. The van der Waals surface area contributed by atoms with Crippen molar-refractivity contribution < 1.29 is 9.59 Å². The molecule has 1 aromatic carbocycles. The first kappa shape index (κ1) is 17.0. The number of fused-ring (bicyclic) bond motifs is 1. The highest BCUT2D eigenvalue weighted by molar-refractivity contribution is 7.15. The summed E-state index contributed by atoms with van der Waals surface area (Å²) in [5.74, 6) is 1.07. The van der Waals surface area contributed by atoms with E-state index in [4.69, 9.17) is 0 Å². The van der Waals surface area contributed by atoms with Crippen LogP contribution in [0.3, 0.4) is 0 Å². The van der Waals surface area contributed by atoms with E-state index >= 15 is 0 Å². The van der Waals surface area contributed by atoms with Crippen LogP contribution in [0.4, 0.5) is 0 Å². The molecule has 6 heteroatoms. The number of para-hydroxylation sites is 2. The summed E-state index contributed by atoms with van der Waals surface area (Å²) < 4.78 is 2.32. The number of Topliss-reactive ketones (excluding diaryl/α,β-unsaturated/α-hetero) is 1. The SMILES string of the molecule is CC(=O)c1ccc(C(=O)N2CCC(n3c(C)nc4ccccc43)CC2)s1. The fourth-order valence-corrected chi connectivity index (χ4v) is 4.62. The third-order valence-electron chi connectivity index (χ3n) is 5.05. The van der Waals surface area contributed by atoms with Crippen LogP contribution in [0.5, 0.6) is 0 Å². The largest absolute Gasteiger partial charge is 0.338 e. The van der Waals surface area contributed by atoms with Crippen LogP contribution in [0, 0.1) is 6.92 Å². The summed E-state index contributed by atoms with van der Waals surface area (Å²) in [7, 11) is 0. The quantitative estimate of drug-likeness (QED) is 0.655. The summed E-state index contributed by atoms with van der Waals surface area (Å²) in [6.45, 7) is 5.03. The first-order valence-electron chi connectivity index (χ1n) is 8.88. The number of hydrogen-bond acceptors (Lipinski definition) is 4. The predicted octanol–water partition coefficient (Wildman–Crippen LogP) is 4.09. The molecule has 0 saturated carbocycles. The molecule has 3 heterocycles. The maximum absolute atomic E-state index is 12.7. The zero-order valence-electron chi connectivity index (χ0n) is 14.9. The zero-order valence-corrected chi connectivity index (χ0v) is 15.8. The van der Waals surface area contributed by atoms with Gasteiger partial charge in [0.25, 0.3) is 5.91 Å². The van der Waals surface area contributed by atoms with Crippen LogP contribution in [0.2, 0.25) is 0 Å². The smallest absolute Gasteiger partial charge is 0.263 e. The summed E-state index contributed by atoms with van der Waals surface area (Å²) in [4.78, 5) is 32.0. The Bertz CT molecular complexity index is 980. The van der Waals surface area contributed by atoms with E-state index in [1.807, 2.05) is 30.0 Å².